The SMILES string of the molecule is CC(N)C(c1ccc(F)cc1)N(CCO)C1CC1. The van der Waals surface area contributed by atoms with Crippen LogP contribution in [-0.4, -0.2) is 35.2 Å². The van der Waals surface area contributed by atoms with E-state index in [1.165, 1.54) is 12.1 Å². The Morgan fingerprint density at radius 2 is 2.00 bits per heavy atom. The van der Waals surface area contributed by atoms with E-state index in [1.54, 1.807) is 12.1 Å². The van der Waals surface area contributed by atoms with E-state index in [4.69, 9.17) is 5.73 Å². The number of halogens is 1. The molecule has 0 heterocycles. The molecule has 2 rings (SSSR count). The highest BCUT2D eigenvalue weighted by Crippen LogP contribution is 2.35. The summed E-state index contributed by atoms with van der Waals surface area (Å²) in [6.07, 6.45) is 2.31. The summed E-state index contributed by atoms with van der Waals surface area (Å²) in [5, 5.41) is 9.19. The average Bonchev–Trinajstić information content (AvgIpc) is 3.14. The molecule has 0 spiro atoms. The molecule has 1 fully saturated rings. The van der Waals surface area contributed by atoms with Gasteiger partial charge in [0.25, 0.3) is 0 Å². The van der Waals surface area contributed by atoms with Crippen molar-refractivity contribution < 1.29 is 9.50 Å². The monoisotopic (exact) mass is 252 g/mol. The van der Waals surface area contributed by atoms with Gasteiger partial charge in [0.1, 0.15) is 5.82 Å². The lowest BCUT2D eigenvalue weighted by Crippen LogP contribution is -2.42. The number of benzene rings is 1. The first-order valence-corrected chi connectivity index (χ1v) is 6.51. The number of hydrogen-bond acceptors (Lipinski definition) is 3. The minimum absolute atomic E-state index is 0.0465. The minimum atomic E-state index is -0.234. The van der Waals surface area contributed by atoms with E-state index in [1.807, 2.05) is 6.92 Å². The van der Waals surface area contributed by atoms with Crippen molar-refractivity contribution in [2.75, 3.05) is 13.2 Å². The largest absolute Gasteiger partial charge is 0.395 e. The summed E-state index contributed by atoms with van der Waals surface area (Å²) in [5.41, 5.74) is 7.11. The highest BCUT2D eigenvalue weighted by atomic mass is 19.1. The lowest BCUT2D eigenvalue weighted by molar-refractivity contribution is 0.129. The fourth-order valence-corrected chi connectivity index (χ4v) is 2.53. The summed E-state index contributed by atoms with van der Waals surface area (Å²) >= 11 is 0. The molecule has 0 aliphatic heterocycles. The Kier molecular flexibility index (Phi) is 4.32. The van der Waals surface area contributed by atoms with Gasteiger partial charge in [-0.25, -0.2) is 4.39 Å². The van der Waals surface area contributed by atoms with Gasteiger partial charge in [-0.2, -0.15) is 0 Å². The molecule has 2 unspecified atom stereocenters. The summed E-state index contributed by atoms with van der Waals surface area (Å²) in [6.45, 7) is 2.70. The topological polar surface area (TPSA) is 49.5 Å². The van der Waals surface area contributed by atoms with E-state index in [9.17, 15) is 9.50 Å². The number of nitrogens with zero attached hydrogens (tertiary/aromatic N) is 1. The molecule has 0 aromatic heterocycles. The standard InChI is InChI=1S/C14H21FN2O/c1-10(16)14(11-2-4-12(15)5-3-11)17(8-9-18)13-6-7-13/h2-5,10,13-14,18H,6-9,16H2,1H3. The van der Waals surface area contributed by atoms with Gasteiger partial charge in [-0.15, -0.1) is 0 Å². The van der Waals surface area contributed by atoms with Crippen LogP contribution in [0.2, 0.25) is 0 Å². The minimum Gasteiger partial charge on any atom is -0.395 e. The maximum absolute atomic E-state index is 13.0. The Labute approximate surface area is 107 Å². The zero-order valence-electron chi connectivity index (χ0n) is 10.7. The summed E-state index contributed by atoms with van der Waals surface area (Å²) in [4.78, 5) is 2.25. The number of hydrogen-bond donors (Lipinski definition) is 2. The molecule has 18 heavy (non-hydrogen) atoms. The van der Waals surface area contributed by atoms with Crippen molar-refractivity contribution in [2.45, 2.75) is 37.9 Å². The third kappa shape index (κ3) is 3.07. The van der Waals surface area contributed by atoms with Crippen molar-refractivity contribution in [3.63, 3.8) is 0 Å². The van der Waals surface area contributed by atoms with Crippen molar-refractivity contribution in [1.29, 1.82) is 0 Å². The molecular weight excluding hydrogens is 231 g/mol. The number of rotatable bonds is 6. The van der Waals surface area contributed by atoms with Crippen LogP contribution in [0.25, 0.3) is 0 Å². The van der Waals surface area contributed by atoms with E-state index in [0.29, 0.717) is 12.6 Å². The summed E-state index contributed by atoms with van der Waals surface area (Å²) < 4.78 is 13.0. The molecule has 0 bridgehead atoms. The van der Waals surface area contributed by atoms with Crippen LogP contribution in [0, 0.1) is 5.82 Å². The number of nitrogens with two attached hydrogens (primary N) is 1. The van der Waals surface area contributed by atoms with Crippen LogP contribution in [0.5, 0.6) is 0 Å². The molecule has 1 aliphatic rings. The fourth-order valence-electron chi connectivity index (χ4n) is 2.53. The van der Waals surface area contributed by atoms with Gasteiger partial charge in [0.05, 0.1) is 6.61 Å². The van der Waals surface area contributed by atoms with E-state index in [2.05, 4.69) is 4.90 Å². The van der Waals surface area contributed by atoms with Crippen molar-refractivity contribution in [3.05, 3.63) is 35.6 Å². The number of aliphatic hydroxyl groups excluding tert-OH is 1. The van der Waals surface area contributed by atoms with E-state index in [-0.39, 0.29) is 24.5 Å². The molecule has 1 aromatic rings. The molecule has 0 saturated heterocycles. The van der Waals surface area contributed by atoms with Gasteiger partial charge in [0.15, 0.2) is 0 Å². The van der Waals surface area contributed by atoms with Crippen LogP contribution in [0.15, 0.2) is 24.3 Å². The molecule has 100 valence electrons. The van der Waals surface area contributed by atoms with Crippen molar-refractivity contribution in [2.24, 2.45) is 5.73 Å². The van der Waals surface area contributed by atoms with Gasteiger partial charge in [-0.3, -0.25) is 4.90 Å². The maximum atomic E-state index is 13.0. The Balaban J connectivity index is 2.22. The zero-order chi connectivity index (χ0) is 13.1. The molecule has 4 heteroatoms. The first kappa shape index (κ1) is 13.5. The fraction of sp³-hybridized carbons (Fsp3) is 0.571. The normalized spacial score (nSPS) is 18.9. The second kappa shape index (κ2) is 5.78. The van der Waals surface area contributed by atoms with Crippen LogP contribution >= 0.6 is 0 Å². The average molecular weight is 252 g/mol. The molecule has 1 aliphatic carbocycles. The Bertz CT molecular complexity index is 376. The lowest BCUT2D eigenvalue weighted by Gasteiger charge is -2.34. The molecule has 0 amide bonds. The van der Waals surface area contributed by atoms with Gasteiger partial charge in [-0.05, 0) is 37.5 Å². The molecule has 1 saturated carbocycles. The Morgan fingerprint density at radius 1 is 1.39 bits per heavy atom. The van der Waals surface area contributed by atoms with E-state index in [0.717, 1.165) is 18.4 Å². The second-order valence-corrected chi connectivity index (χ2v) is 5.05. The highest BCUT2D eigenvalue weighted by molar-refractivity contribution is 5.22. The molecular formula is C14H21FN2O. The quantitative estimate of drug-likeness (QED) is 0.809. The highest BCUT2D eigenvalue weighted by Gasteiger charge is 2.35. The Morgan fingerprint density at radius 3 is 2.44 bits per heavy atom. The van der Waals surface area contributed by atoms with Crippen LogP contribution in [0.1, 0.15) is 31.4 Å². The van der Waals surface area contributed by atoms with E-state index < -0.39 is 0 Å². The van der Waals surface area contributed by atoms with Gasteiger partial charge < -0.3 is 10.8 Å². The predicted molar refractivity (Wildman–Crippen MR) is 69.6 cm³/mol. The van der Waals surface area contributed by atoms with Gasteiger partial charge >= 0.3 is 0 Å². The van der Waals surface area contributed by atoms with E-state index >= 15 is 0 Å². The molecule has 1 aromatic carbocycles. The maximum Gasteiger partial charge on any atom is 0.123 e. The molecule has 2 atom stereocenters. The van der Waals surface area contributed by atoms with Gasteiger partial charge in [0, 0.05) is 24.7 Å². The summed E-state index contributed by atoms with van der Waals surface area (Å²) in [7, 11) is 0. The van der Waals surface area contributed by atoms with Crippen LogP contribution in [-0.2, 0) is 0 Å². The zero-order valence-corrected chi connectivity index (χ0v) is 10.7. The van der Waals surface area contributed by atoms with Crippen LogP contribution in [0.4, 0.5) is 4.39 Å². The first-order chi connectivity index (χ1) is 8.63. The second-order valence-electron chi connectivity index (χ2n) is 5.05. The smallest absolute Gasteiger partial charge is 0.123 e. The molecule has 3 nitrogen and oxygen atoms in total. The van der Waals surface area contributed by atoms with Crippen molar-refractivity contribution >= 4 is 0 Å². The lowest BCUT2D eigenvalue weighted by atomic mass is 9.99. The summed E-state index contributed by atoms with van der Waals surface area (Å²) in [6, 6.07) is 7.02. The third-order valence-electron chi connectivity index (χ3n) is 3.44. The summed E-state index contributed by atoms with van der Waals surface area (Å²) in [5.74, 6) is -0.234. The predicted octanol–water partition coefficient (Wildman–Crippen LogP) is 1.67. The third-order valence-corrected chi connectivity index (χ3v) is 3.44. The Hall–Kier alpha value is -0.970. The van der Waals surface area contributed by atoms with Gasteiger partial charge in [-0.1, -0.05) is 12.1 Å². The molecule has 3 N–H and O–H groups in total. The van der Waals surface area contributed by atoms with Gasteiger partial charge in [0.2, 0.25) is 0 Å². The van der Waals surface area contributed by atoms with Crippen LogP contribution < -0.4 is 5.73 Å². The van der Waals surface area contributed by atoms with Crippen molar-refractivity contribution in [3.8, 4) is 0 Å². The first-order valence-electron chi connectivity index (χ1n) is 6.51. The number of aliphatic hydroxyl groups is 1. The van der Waals surface area contributed by atoms with Crippen LogP contribution in [0.3, 0.4) is 0 Å². The van der Waals surface area contributed by atoms with Crippen molar-refractivity contribution in [1.82, 2.24) is 4.90 Å². The molecule has 0 radical (unpaired) electrons.